The van der Waals surface area contributed by atoms with Gasteiger partial charge in [0.05, 0.1) is 17.7 Å². The molecule has 2 aromatic carbocycles. The van der Waals surface area contributed by atoms with Gasteiger partial charge in [-0.3, -0.25) is 9.59 Å². The van der Waals surface area contributed by atoms with E-state index in [4.69, 9.17) is 0 Å². The van der Waals surface area contributed by atoms with Gasteiger partial charge in [-0.15, -0.1) is 0 Å². The van der Waals surface area contributed by atoms with Crippen LogP contribution in [0.15, 0.2) is 48.5 Å². The summed E-state index contributed by atoms with van der Waals surface area (Å²) in [7, 11) is 1.51. The predicted molar refractivity (Wildman–Crippen MR) is 97.0 cm³/mol. The van der Waals surface area contributed by atoms with Crippen molar-refractivity contribution in [3.05, 3.63) is 65.5 Å². The zero-order valence-electron chi connectivity index (χ0n) is 14.8. The second-order valence-electron chi connectivity index (χ2n) is 6.39. The van der Waals surface area contributed by atoms with Crippen molar-refractivity contribution >= 4 is 23.5 Å². The number of rotatable bonds is 5. The van der Waals surface area contributed by atoms with Gasteiger partial charge in [-0.1, -0.05) is 30.3 Å². The second-order valence-corrected chi connectivity index (χ2v) is 6.39. The van der Waals surface area contributed by atoms with Crippen LogP contribution in [0.5, 0.6) is 0 Å². The van der Waals surface area contributed by atoms with E-state index in [2.05, 4.69) is 0 Å². The molecule has 7 heteroatoms. The highest BCUT2D eigenvalue weighted by Crippen LogP contribution is 2.26. The average molecular weight is 370 g/mol. The van der Waals surface area contributed by atoms with Crippen LogP contribution in [0, 0.1) is 5.82 Å². The Labute approximate surface area is 155 Å². The van der Waals surface area contributed by atoms with Crippen LogP contribution in [0.1, 0.15) is 22.3 Å². The van der Waals surface area contributed by atoms with Crippen molar-refractivity contribution in [1.29, 1.82) is 0 Å². The van der Waals surface area contributed by atoms with E-state index in [9.17, 15) is 23.9 Å². The second kappa shape index (κ2) is 7.57. The Balaban J connectivity index is 1.74. The first kappa shape index (κ1) is 18.6. The number of likely N-dealkylation sites (N-methyl/N-ethyl adjacent to an activating group) is 1. The Morgan fingerprint density at radius 3 is 2.56 bits per heavy atom. The fourth-order valence-corrected chi connectivity index (χ4v) is 3.28. The number of nitrogens with zero attached hydrogens (tertiary/aromatic N) is 2. The number of aromatic carboxylic acids is 1. The maximum Gasteiger partial charge on any atom is 0.335 e. The topological polar surface area (TPSA) is 77.9 Å². The lowest BCUT2D eigenvalue weighted by molar-refractivity contribution is -0.136. The van der Waals surface area contributed by atoms with Crippen LogP contribution in [0.4, 0.5) is 10.1 Å². The molecule has 27 heavy (non-hydrogen) atoms. The number of halogens is 1. The molecule has 6 nitrogen and oxygen atoms in total. The predicted octanol–water partition coefficient (Wildman–Crippen LogP) is 2.33. The number of carbonyl (C=O) groups is 3. The molecule has 1 N–H and O–H groups in total. The van der Waals surface area contributed by atoms with Gasteiger partial charge in [-0.2, -0.15) is 0 Å². The number of carbonyl (C=O) groups excluding carboxylic acids is 2. The summed E-state index contributed by atoms with van der Waals surface area (Å²) in [5.74, 6) is -2.31. The fraction of sp³-hybridized carbons (Fsp3) is 0.250. The van der Waals surface area contributed by atoms with Crippen LogP contribution >= 0.6 is 0 Å². The zero-order chi connectivity index (χ0) is 19.6. The first-order valence-corrected chi connectivity index (χ1v) is 8.53. The summed E-state index contributed by atoms with van der Waals surface area (Å²) in [5, 5.41) is 9.24. The largest absolute Gasteiger partial charge is 0.478 e. The number of carboxylic acid groups (broad SMARTS) is 1. The summed E-state index contributed by atoms with van der Waals surface area (Å²) >= 11 is 0. The number of anilines is 1. The van der Waals surface area contributed by atoms with Crippen molar-refractivity contribution < 1.29 is 23.9 Å². The van der Waals surface area contributed by atoms with Crippen LogP contribution in [0.3, 0.4) is 0 Å². The number of carboxylic acids is 1. The van der Waals surface area contributed by atoms with Crippen molar-refractivity contribution in [2.45, 2.75) is 18.9 Å². The van der Waals surface area contributed by atoms with E-state index in [-0.39, 0.29) is 29.5 Å². The molecule has 1 unspecified atom stereocenters. The summed E-state index contributed by atoms with van der Waals surface area (Å²) in [6, 6.07) is 11.6. The van der Waals surface area contributed by atoms with Crippen molar-refractivity contribution in [2.75, 3.05) is 18.5 Å². The molecule has 3 rings (SSSR count). The third kappa shape index (κ3) is 3.67. The molecule has 1 atom stereocenters. The summed E-state index contributed by atoms with van der Waals surface area (Å²) in [6.07, 6.45) is 0.262. The minimum Gasteiger partial charge on any atom is -0.478 e. The molecule has 0 saturated carbocycles. The van der Waals surface area contributed by atoms with Crippen LogP contribution in [0.25, 0.3) is 0 Å². The minimum atomic E-state index is -1.11. The van der Waals surface area contributed by atoms with Gasteiger partial charge in [0.1, 0.15) is 11.9 Å². The van der Waals surface area contributed by atoms with E-state index in [0.717, 1.165) is 0 Å². The number of benzene rings is 2. The van der Waals surface area contributed by atoms with Crippen molar-refractivity contribution in [3.63, 3.8) is 0 Å². The van der Waals surface area contributed by atoms with E-state index in [1.807, 2.05) is 0 Å². The number of amides is 2. The van der Waals surface area contributed by atoms with Crippen molar-refractivity contribution in [2.24, 2.45) is 0 Å². The standard InChI is InChI=1S/C20H19FN2O4/c1-22(18(24)12-13-6-2-3-7-14(13)20(26)27)17-10-11-23(19(17)25)16-9-5-4-8-15(16)21/h2-9,17H,10-12H2,1H3,(H,26,27). The van der Waals surface area contributed by atoms with E-state index in [0.29, 0.717) is 18.5 Å². The average Bonchev–Trinajstić information content (AvgIpc) is 3.03. The van der Waals surface area contributed by atoms with Gasteiger partial charge < -0.3 is 14.9 Å². The molecular weight excluding hydrogens is 351 g/mol. The van der Waals surface area contributed by atoms with Crippen LogP contribution in [-0.2, 0) is 16.0 Å². The Morgan fingerprint density at radius 2 is 1.85 bits per heavy atom. The summed E-state index contributed by atoms with van der Waals surface area (Å²) < 4.78 is 14.0. The van der Waals surface area contributed by atoms with Crippen LogP contribution in [-0.4, -0.2) is 47.4 Å². The SMILES string of the molecule is CN(C(=O)Cc1ccccc1C(=O)O)C1CCN(c2ccccc2F)C1=O. The lowest BCUT2D eigenvalue weighted by Gasteiger charge is -2.24. The molecule has 1 saturated heterocycles. The normalized spacial score (nSPS) is 16.4. The first-order valence-electron chi connectivity index (χ1n) is 8.53. The Bertz CT molecular complexity index is 899. The molecule has 0 radical (unpaired) electrons. The molecule has 1 aliphatic heterocycles. The maximum atomic E-state index is 14.0. The molecular formula is C20H19FN2O4. The monoisotopic (exact) mass is 370 g/mol. The smallest absolute Gasteiger partial charge is 0.335 e. The highest BCUT2D eigenvalue weighted by Gasteiger charge is 2.38. The minimum absolute atomic E-state index is 0.0602. The molecule has 140 valence electrons. The third-order valence-electron chi connectivity index (χ3n) is 4.77. The van der Waals surface area contributed by atoms with Gasteiger partial charge in [0, 0.05) is 13.6 Å². The maximum absolute atomic E-state index is 14.0. The molecule has 0 bridgehead atoms. The number of hydrogen-bond donors (Lipinski definition) is 1. The lowest BCUT2D eigenvalue weighted by Crippen LogP contribution is -2.43. The van der Waals surface area contributed by atoms with E-state index >= 15 is 0 Å². The molecule has 2 aromatic rings. The Kier molecular flexibility index (Phi) is 5.21. The molecule has 0 aliphatic carbocycles. The zero-order valence-corrected chi connectivity index (χ0v) is 14.8. The van der Waals surface area contributed by atoms with Gasteiger partial charge in [-0.05, 0) is 30.2 Å². The van der Waals surface area contributed by atoms with Gasteiger partial charge in [0.2, 0.25) is 11.8 Å². The molecule has 0 spiro atoms. The molecule has 1 heterocycles. The van der Waals surface area contributed by atoms with Crippen LogP contribution < -0.4 is 4.90 Å². The van der Waals surface area contributed by atoms with Gasteiger partial charge in [-0.25, -0.2) is 9.18 Å². The third-order valence-corrected chi connectivity index (χ3v) is 4.77. The molecule has 1 fully saturated rings. The summed E-state index contributed by atoms with van der Waals surface area (Å²) in [5.41, 5.74) is 0.644. The first-order chi connectivity index (χ1) is 12.9. The molecule has 2 amide bonds. The van der Waals surface area contributed by atoms with Crippen molar-refractivity contribution in [1.82, 2.24) is 4.90 Å². The highest BCUT2D eigenvalue weighted by molar-refractivity contribution is 6.01. The lowest BCUT2D eigenvalue weighted by atomic mass is 10.0. The van der Waals surface area contributed by atoms with Gasteiger partial charge >= 0.3 is 5.97 Å². The van der Waals surface area contributed by atoms with E-state index < -0.39 is 17.8 Å². The van der Waals surface area contributed by atoms with Gasteiger partial charge in [0.25, 0.3) is 0 Å². The van der Waals surface area contributed by atoms with Crippen LogP contribution in [0.2, 0.25) is 0 Å². The Hall–Kier alpha value is -3.22. The Morgan fingerprint density at radius 1 is 1.19 bits per heavy atom. The molecule has 1 aliphatic rings. The summed E-state index contributed by atoms with van der Waals surface area (Å²) in [4.78, 5) is 39.3. The van der Waals surface area contributed by atoms with Crippen molar-refractivity contribution in [3.8, 4) is 0 Å². The van der Waals surface area contributed by atoms with E-state index in [1.165, 1.54) is 35.0 Å². The van der Waals surface area contributed by atoms with Gasteiger partial charge in [0.15, 0.2) is 0 Å². The quantitative estimate of drug-likeness (QED) is 0.876. The van der Waals surface area contributed by atoms with E-state index in [1.54, 1.807) is 30.3 Å². The highest BCUT2D eigenvalue weighted by atomic mass is 19.1. The number of hydrogen-bond acceptors (Lipinski definition) is 3. The fourth-order valence-electron chi connectivity index (χ4n) is 3.28. The summed E-state index contributed by atoms with van der Waals surface area (Å²) in [6.45, 7) is 0.313. The molecule has 0 aromatic heterocycles. The number of para-hydroxylation sites is 1.